The summed E-state index contributed by atoms with van der Waals surface area (Å²) in [5, 5.41) is 5.75. The first kappa shape index (κ1) is 13.0. The summed E-state index contributed by atoms with van der Waals surface area (Å²) in [6.45, 7) is 0.465. The fourth-order valence-electron chi connectivity index (χ4n) is 1.76. The number of fused-ring (bicyclic) bond motifs is 1. The molecule has 0 bridgehead atoms. The summed E-state index contributed by atoms with van der Waals surface area (Å²) in [6.07, 6.45) is 3.37. The number of carbonyl (C=O) groups is 1. The van der Waals surface area contributed by atoms with E-state index < -0.39 is 0 Å². The van der Waals surface area contributed by atoms with Crippen LogP contribution < -0.4 is 5.32 Å². The van der Waals surface area contributed by atoms with Crippen LogP contribution in [0.5, 0.6) is 0 Å². The van der Waals surface area contributed by atoms with Crippen molar-refractivity contribution in [3.05, 3.63) is 57.7 Å². The van der Waals surface area contributed by atoms with Gasteiger partial charge < -0.3 is 5.32 Å². The summed E-state index contributed by atoms with van der Waals surface area (Å²) in [5.41, 5.74) is 0.982. The van der Waals surface area contributed by atoms with Crippen LogP contribution in [0.25, 0.3) is 16.3 Å². The van der Waals surface area contributed by atoms with E-state index in [4.69, 9.17) is 0 Å². The number of amides is 1. The lowest BCUT2D eigenvalue weighted by Crippen LogP contribution is -2.19. The highest BCUT2D eigenvalue weighted by Crippen LogP contribution is 2.21. The molecule has 20 heavy (non-hydrogen) atoms. The van der Waals surface area contributed by atoms with Crippen molar-refractivity contribution in [2.45, 2.75) is 6.54 Å². The average Bonchev–Trinajstić information content (AvgIpc) is 3.11. The minimum absolute atomic E-state index is 0.0994. The lowest BCUT2D eigenvalue weighted by atomic mass is 10.3. The van der Waals surface area contributed by atoms with E-state index in [0.29, 0.717) is 6.54 Å². The van der Waals surface area contributed by atoms with Crippen LogP contribution in [0, 0.1) is 0 Å². The van der Waals surface area contributed by atoms with Crippen molar-refractivity contribution in [1.29, 1.82) is 0 Å². The van der Waals surface area contributed by atoms with Crippen molar-refractivity contribution in [2.75, 3.05) is 0 Å². The van der Waals surface area contributed by atoms with Gasteiger partial charge in [0.1, 0.15) is 5.01 Å². The molecule has 1 N–H and O–H groups in total. The Balaban J connectivity index is 1.60. The maximum atomic E-state index is 11.7. The predicted molar refractivity (Wildman–Crippen MR) is 84.8 cm³/mol. The van der Waals surface area contributed by atoms with Crippen LogP contribution >= 0.6 is 22.7 Å². The van der Waals surface area contributed by atoms with Gasteiger partial charge in [0, 0.05) is 11.0 Å². The molecular formula is C15H12N2OS2. The molecule has 3 aromatic rings. The number of carbonyl (C=O) groups excluding carboxylic acids is 1. The molecule has 1 amide bonds. The standard InChI is InChI=1S/C15H12N2OS2/c18-14(8-7-11-4-3-9-19-11)16-10-15-17-12-5-1-2-6-13(12)20-15/h1-9H,10H2,(H,16,18)/b8-7+. The van der Waals surface area contributed by atoms with Crippen molar-refractivity contribution in [3.63, 3.8) is 0 Å². The highest BCUT2D eigenvalue weighted by Gasteiger charge is 2.03. The smallest absolute Gasteiger partial charge is 0.244 e. The zero-order chi connectivity index (χ0) is 13.8. The minimum atomic E-state index is -0.0994. The van der Waals surface area contributed by atoms with E-state index in [9.17, 15) is 4.79 Å². The Morgan fingerprint density at radius 1 is 1.25 bits per heavy atom. The molecule has 1 aromatic carbocycles. The summed E-state index contributed by atoms with van der Waals surface area (Å²) in [7, 11) is 0. The maximum Gasteiger partial charge on any atom is 0.244 e. The van der Waals surface area contributed by atoms with Crippen LogP contribution in [0.4, 0.5) is 0 Å². The third-order valence-electron chi connectivity index (χ3n) is 2.69. The van der Waals surface area contributed by atoms with E-state index in [-0.39, 0.29) is 5.91 Å². The molecule has 0 unspecified atom stereocenters. The normalized spacial score (nSPS) is 11.2. The van der Waals surface area contributed by atoms with Crippen molar-refractivity contribution in [1.82, 2.24) is 10.3 Å². The van der Waals surface area contributed by atoms with E-state index in [2.05, 4.69) is 10.3 Å². The second-order valence-corrected chi connectivity index (χ2v) is 6.24. The summed E-state index contributed by atoms with van der Waals surface area (Å²) < 4.78 is 1.14. The number of hydrogen-bond donors (Lipinski definition) is 1. The largest absolute Gasteiger partial charge is 0.346 e. The third-order valence-corrected chi connectivity index (χ3v) is 4.57. The Morgan fingerprint density at radius 3 is 2.95 bits per heavy atom. The molecule has 5 heteroatoms. The van der Waals surface area contributed by atoms with Crippen LogP contribution in [0.2, 0.25) is 0 Å². The number of benzene rings is 1. The zero-order valence-corrected chi connectivity index (χ0v) is 12.2. The fourth-order valence-corrected chi connectivity index (χ4v) is 3.29. The number of hydrogen-bond acceptors (Lipinski definition) is 4. The molecule has 0 fully saturated rings. The van der Waals surface area contributed by atoms with Crippen LogP contribution in [0.3, 0.4) is 0 Å². The molecule has 0 radical (unpaired) electrons. The average molecular weight is 300 g/mol. The van der Waals surface area contributed by atoms with Crippen molar-refractivity contribution < 1.29 is 4.79 Å². The number of thiazole rings is 1. The van der Waals surface area contributed by atoms with Gasteiger partial charge in [0.15, 0.2) is 0 Å². The van der Waals surface area contributed by atoms with Gasteiger partial charge in [-0.2, -0.15) is 0 Å². The number of aromatic nitrogens is 1. The number of para-hydroxylation sites is 1. The highest BCUT2D eigenvalue weighted by molar-refractivity contribution is 7.18. The number of nitrogens with zero attached hydrogens (tertiary/aromatic N) is 1. The van der Waals surface area contributed by atoms with Gasteiger partial charge in [-0.3, -0.25) is 4.79 Å². The Kier molecular flexibility index (Phi) is 3.90. The fraction of sp³-hybridized carbons (Fsp3) is 0.0667. The molecule has 2 heterocycles. The SMILES string of the molecule is O=C(/C=C/c1cccs1)NCc1nc2ccccc2s1. The van der Waals surface area contributed by atoms with Gasteiger partial charge in [-0.1, -0.05) is 18.2 Å². The molecule has 0 aliphatic rings. The van der Waals surface area contributed by atoms with E-state index in [0.717, 1.165) is 20.1 Å². The third kappa shape index (κ3) is 3.12. The molecular weight excluding hydrogens is 288 g/mol. The summed E-state index contributed by atoms with van der Waals surface area (Å²) in [6, 6.07) is 11.9. The van der Waals surface area contributed by atoms with Gasteiger partial charge in [0.05, 0.1) is 16.8 Å². The molecule has 0 saturated heterocycles. The first-order valence-electron chi connectivity index (χ1n) is 6.15. The first-order chi connectivity index (χ1) is 9.81. The summed E-state index contributed by atoms with van der Waals surface area (Å²) in [4.78, 5) is 17.3. The van der Waals surface area contributed by atoms with Gasteiger partial charge in [-0.25, -0.2) is 4.98 Å². The lowest BCUT2D eigenvalue weighted by Gasteiger charge is -1.97. The molecule has 0 aliphatic heterocycles. The van der Waals surface area contributed by atoms with Gasteiger partial charge in [-0.15, -0.1) is 22.7 Å². The van der Waals surface area contributed by atoms with E-state index in [1.165, 1.54) is 0 Å². The number of nitrogens with one attached hydrogen (secondary N) is 1. The summed E-state index contributed by atoms with van der Waals surface area (Å²) >= 11 is 3.21. The molecule has 3 rings (SSSR count). The lowest BCUT2D eigenvalue weighted by molar-refractivity contribution is -0.116. The Hall–Kier alpha value is -1.98. The monoisotopic (exact) mass is 300 g/mol. The molecule has 0 spiro atoms. The predicted octanol–water partition coefficient (Wildman–Crippen LogP) is 3.69. The molecule has 0 atom stereocenters. The molecule has 0 saturated carbocycles. The minimum Gasteiger partial charge on any atom is -0.346 e. The summed E-state index contributed by atoms with van der Waals surface area (Å²) in [5.74, 6) is -0.0994. The van der Waals surface area contributed by atoms with Gasteiger partial charge in [0.2, 0.25) is 5.91 Å². The van der Waals surface area contributed by atoms with Crippen molar-refractivity contribution in [2.24, 2.45) is 0 Å². The van der Waals surface area contributed by atoms with E-state index in [1.807, 2.05) is 47.9 Å². The van der Waals surface area contributed by atoms with Gasteiger partial charge >= 0.3 is 0 Å². The molecule has 100 valence electrons. The molecule has 0 aliphatic carbocycles. The quantitative estimate of drug-likeness (QED) is 0.747. The second kappa shape index (κ2) is 5.98. The van der Waals surface area contributed by atoms with Gasteiger partial charge in [-0.05, 0) is 29.7 Å². The van der Waals surface area contributed by atoms with Crippen LogP contribution in [0.1, 0.15) is 9.88 Å². The molecule has 3 nitrogen and oxygen atoms in total. The van der Waals surface area contributed by atoms with E-state index >= 15 is 0 Å². The van der Waals surface area contributed by atoms with Crippen LogP contribution in [0.15, 0.2) is 47.9 Å². The highest BCUT2D eigenvalue weighted by atomic mass is 32.1. The topological polar surface area (TPSA) is 42.0 Å². The van der Waals surface area contributed by atoms with Crippen LogP contribution in [-0.2, 0) is 11.3 Å². The zero-order valence-electron chi connectivity index (χ0n) is 10.6. The number of rotatable bonds is 4. The maximum absolute atomic E-state index is 11.7. The Labute approximate surface area is 124 Å². The Bertz CT molecular complexity index is 711. The number of thiophene rings is 1. The van der Waals surface area contributed by atoms with Crippen LogP contribution in [-0.4, -0.2) is 10.9 Å². The second-order valence-electron chi connectivity index (χ2n) is 4.14. The Morgan fingerprint density at radius 2 is 2.15 bits per heavy atom. The van der Waals surface area contributed by atoms with Gasteiger partial charge in [0.25, 0.3) is 0 Å². The van der Waals surface area contributed by atoms with E-state index in [1.54, 1.807) is 28.7 Å². The first-order valence-corrected chi connectivity index (χ1v) is 7.85. The molecule has 2 aromatic heterocycles. The van der Waals surface area contributed by atoms with Crippen molar-refractivity contribution in [3.8, 4) is 0 Å². The van der Waals surface area contributed by atoms with Crippen molar-refractivity contribution >= 4 is 44.9 Å².